The van der Waals surface area contributed by atoms with Gasteiger partial charge in [-0.05, 0) is 29.5 Å². The van der Waals surface area contributed by atoms with Crippen LogP contribution >= 0.6 is 11.8 Å². The normalized spacial score (nSPS) is 10.5. The maximum absolute atomic E-state index is 11.6. The number of hydrogen-bond acceptors (Lipinski definition) is 4. The molecule has 23 heavy (non-hydrogen) atoms. The van der Waals surface area contributed by atoms with Crippen LogP contribution in [0.25, 0.3) is 0 Å². The van der Waals surface area contributed by atoms with Gasteiger partial charge in [0.15, 0.2) is 0 Å². The molecule has 0 saturated heterocycles. The molecule has 118 valence electrons. The van der Waals surface area contributed by atoms with Gasteiger partial charge in [0.1, 0.15) is 0 Å². The molecule has 0 bridgehead atoms. The number of hydrazone groups is 1. The van der Waals surface area contributed by atoms with Crippen molar-refractivity contribution in [2.75, 3.05) is 6.26 Å². The highest BCUT2D eigenvalue weighted by Crippen LogP contribution is 2.13. The second-order valence-corrected chi connectivity index (χ2v) is 5.52. The summed E-state index contributed by atoms with van der Waals surface area (Å²) in [5.74, 6) is -1.51. The monoisotopic (exact) mass is 327 g/mol. The van der Waals surface area contributed by atoms with Crippen molar-refractivity contribution in [2.24, 2.45) is 5.10 Å². The molecule has 2 aromatic rings. The molecule has 6 heteroatoms. The van der Waals surface area contributed by atoms with Crippen molar-refractivity contribution >= 4 is 29.8 Å². The molecule has 0 unspecified atom stereocenters. The standard InChI is InChI=1S/C17H17N3O2S/c1-23-15-9-7-14(8-10-15)12-19-20-17(22)16(21)18-11-13-5-3-2-4-6-13/h2-10,12H,11H2,1H3,(H,18,21)(H,20,22). The third-order valence-electron chi connectivity index (χ3n) is 3.00. The lowest BCUT2D eigenvalue weighted by molar-refractivity contribution is -0.139. The maximum atomic E-state index is 11.6. The Hall–Kier alpha value is -2.60. The van der Waals surface area contributed by atoms with Gasteiger partial charge in [0.2, 0.25) is 0 Å². The molecule has 5 nitrogen and oxygen atoms in total. The van der Waals surface area contributed by atoms with E-state index in [9.17, 15) is 9.59 Å². The van der Waals surface area contributed by atoms with E-state index in [4.69, 9.17) is 0 Å². The highest BCUT2D eigenvalue weighted by atomic mass is 32.2. The van der Waals surface area contributed by atoms with Crippen molar-refractivity contribution in [1.29, 1.82) is 0 Å². The van der Waals surface area contributed by atoms with Crippen LogP contribution in [0.5, 0.6) is 0 Å². The number of thioether (sulfide) groups is 1. The van der Waals surface area contributed by atoms with Gasteiger partial charge in [-0.1, -0.05) is 42.5 Å². The second kappa shape index (κ2) is 8.75. The molecule has 0 aliphatic carbocycles. The molecule has 2 N–H and O–H groups in total. The fourth-order valence-electron chi connectivity index (χ4n) is 1.76. The summed E-state index contributed by atoms with van der Waals surface area (Å²) < 4.78 is 0. The molecule has 0 aromatic heterocycles. The summed E-state index contributed by atoms with van der Waals surface area (Å²) in [7, 11) is 0. The van der Waals surface area contributed by atoms with E-state index in [0.717, 1.165) is 16.0 Å². The van der Waals surface area contributed by atoms with Crippen molar-refractivity contribution in [3.63, 3.8) is 0 Å². The summed E-state index contributed by atoms with van der Waals surface area (Å²) in [6.07, 6.45) is 3.49. The van der Waals surface area contributed by atoms with Gasteiger partial charge < -0.3 is 5.32 Å². The van der Waals surface area contributed by atoms with Crippen LogP contribution in [0.15, 0.2) is 64.6 Å². The van der Waals surface area contributed by atoms with Gasteiger partial charge in [0.05, 0.1) is 6.21 Å². The molecule has 2 aromatic carbocycles. The van der Waals surface area contributed by atoms with Gasteiger partial charge in [0, 0.05) is 11.4 Å². The highest BCUT2D eigenvalue weighted by molar-refractivity contribution is 7.98. The zero-order valence-electron chi connectivity index (χ0n) is 12.7. The van der Waals surface area contributed by atoms with Crippen LogP contribution in [0, 0.1) is 0 Å². The van der Waals surface area contributed by atoms with E-state index in [1.807, 2.05) is 60.9 Å². The fraction of sp³-hybridized carbons (Fsp3) is 0.118. The molecule has 2 amide bonds. The molecule has 0 atom stereocenters. The quantitative estimate of drug-likeness (QED) is 0.383. The molecule has 0 fully saturated rings. The number of benzene rings is 2. The smallest absolute Gasteiger partial charge is 0.329 e. The van der Waals surface area contributed by atoms with Gasteiger partial charge in [-0.3, -0.25) is 9.59 Å². The van der Waals surface area contributed by atoms with Crippen molar-refractivity contribution in [2.45, 2.75) is 11.4 Å². The summed E-state index contributed by atoms with van der Waals surface area (Å²) in [6, 6.07) is 17.1. The molecule has 0 radical (unpaired) electrons. The average molecular weight is 327 g/mol. The molecule has 0 aliphatic rings. The summed E-state index contributed by atoms with van der Waals surface area (Å²) in [5.41, 5.74) is 3.97. The molecule has 0 spiro atoms. The zero-order valence-corrected chi connectivity index (χ0v) is 13.5. The minimum absolute atomic E-state index is 0.299. The number of rotatable bonds is 5. The van der Waals surface area contributed by atoms with Crippen molar-refractivity contribution < 1.29 is 9.59 Å². The Morgan fingerprint density at radius 2 is 1.74 bits per heavy atom. The van der Waals surface area contributed by atoms with E-state index in [-0.39, 0.29) is 0 Å². The van der Waals surface area contributed by atoms with Crippen molar-refractivity contribution in [3.8, 4) is 0 Å². The first-order valence-electron chi connectivity index (χ1n) is 6.98. The first-order valence-corrected chi connectivity index (χ1v) is 8.21. The van der Waals surface area contributed by atoms with Gasteiger partial charge in [-0.25, -0.2) is 5.43 Å². The summed E-state index contributed by atoms with van der Waals surface area (Å²) in [4.78, 5) is 24.4. The van der Waals surface area contributed by atoms with E-state index >= 15 is 0 Å². The Kier molecular flexibility index (Phi) is 6.38. The first-order chi connectivity index (χ1) is 11.2. The molecule has 2 rings (SSSR count). The molecule has 0 aliphatic heterocycles. The maximum Gasteiger partial charge on any atom is 0.329 e. The lowest BCUT2D eigenvalue weighted by Gasteiger charge is -2.03. The van der Waals surface area contributed by atoms with Gasteiger partial charge in [-0.15, -0.1) is 11.8 Å². The average Bonchev–Trinajstić information content (AvgIpc) is 2.61. The predicted molar refractivity (Wildman–Crippen MR) is 92.2 cm³/mol. The number of nitrogens with zero attached hydrogens (tertiary/aromatic N) is 1. The largest absolute Gasteiger partial charge is 0.344 e. The Morgan fingerprint density at radius 1 is 1.04 bits per heavy atom. The molecular formula is C17H17N3O2S. The first kappa shape index (κ1) is 16.8. The Labute approximate surface area is 139 Å². The summed E-state index contributed by atoms with van der Waals surface area (Å²) >= 11 is 1.65. The molecular weight excluding hydrogens is 310 g/mol. The third kappa shape index (κ3) is 5.60. The number of hydrogen-bond donors (Lipinski definition) is 2. The Morgan fingerprint density at radius 3 is 2.39 bits per heavy atom. The molecule has 0 saturated carbocycles. The van der Waals surface area contributed by atoms with Crippen molar-refractivity contribution in [1.82, 2.24) is 10.7 Å². The second-order valence-electron chi connectivity index (χ2n) is 4.64. The highest BCUT2D eigenvalue weighted by Gasteiger charge is 2.11. The SMILES string of the molecule is CSc1ccc(C=NNC(=O)C(=O)NCc2ccccc2)cc1. The number of carbonyl (C=O) groups excluding carboxylic acids is 2. The van der Waals surface area contributed by atoms with Crippen LogP contribution in [-0.2, 0) is 16.1 Å². The van der Waals surface area contributed by atoms with Crippen LogP contribution in [0.3, 0.4) is 0 Å². The molecule has 0 heterocycles. The van der Waals surface area contributed by atoms with Crippen LogP contribution in [0.4, 0.5) is 0 Å². The van der Waals surface area contributed by atoms with E-state index in [1.54, 1.807) is 11.8 Å². The summed E-state index contributed by atoms with van der Waals surface area (Å²) in [6.45, 7) is 0.299. The fourth-order valence-corrected chi connectivity index (χ4v) is 2.17. The van der Waals surface area contributed by atoms with Crippen LogP contribution < -0.4 is 10.7 Å². The van der Waals surface area contributed by atoms with Gasteiger partial charge in [-0.2, -0.15) is 5.10 Å². The van der Waals surface area contributed by atoms with Gasteiger partial charge in [0.25, 0.3) is 0 Å². The predicted octanol–water partition coefficient (Wildman–Crippen LogP) is 2.17. The van der Waals surface area contributed by atoms with E-state index in [2.05, 4.69) is 15.8 Å². The minimum Gasteiger partial charge on any atom is -0.344 e. The van der Waals surface area contributed by atoms with Crippen molar-refractivity contribution in [3.05, 3.63) is 65.7 Å². The van der Waals surface area contributed by atoms with Gasteiger partial charge >= 0.3 is 11.8 Å². The van der Waals surface area contributed by atoms with Crippen LogP contribution in [-0.4, -0.2) is 24.3 Å². The lowest BCUT2D eigenvalue weighted by Crippen LogP contribution is -2.37. The van der Waals surface area contributed by atoms with E-state index < -0.39 is 11.8 Å². The number of nitrogens with one attached hydrogen (secondary N) is 2. The lowest BCUT2D eigenvalue weighted by atomic mass is 10.2. The van der Waals surface area contributed by atoms with Crippen LogP contribution in [0.1, 0.15) is 11.1 Å². The zero-order chi connectivity index (χ0) is 16.5. The Bertz CT molecular complexity index is 685. The van der Waals surface area contributed by atoms with E-state index in [1.165, 1.54) is 6.21 Å². The Balaban J connectivity index is 1.79. The minimum atomic E-state index is -0.794. The third-order valence-corrected chi connectivity index (χ3v) is 3.74. The number of carbonyl (C=O) groups is 2. The summed E-state index contributed by atoms with van der Waals surface area (Å²) in [5, 5.41) is 6.32. The topological polar surface area (TPSA) is 70.6 Å². The number of amides is 2. The van der Waals surface area contributed by atoms with Crippen LogP contribution in [0.2, 0.25) is 0 Å². The van der Waals surface area contributed by atoms with E-state index in [0.29, 0.717) is 6.54 Å².